The number of pyridine rings is 1. The number of ether oxygens (including phenoxy) is 1. The Morgan fingerprint density at radius 2 is 1.69 bits per heavy atom. The molecule has 0 bridgehead atoms. The highest BCUT2D eigenvalue weighted by atomic mass is 35.5. The number of nitrogens with zero attached hydrogens (tertiary/aromatic N) is 2. The van der Waals surface area contributed by atoms with Crippen LogP contribution in [0.1, 0.15) is 52.0 Å². The van der Waals surface area contributed by atoms with E-state index in [1.807, 2.05) is 20.8 Å². The molecule has 1 saturated carbocycles. The lowest BCUT2D eigenvalue weighted by atomic mass is 9.79. The molecule has 0 spiro atoms. The van der Waals surface area contributed by atoms with Crippen molar-refractivity contribution in [3.8, 4) is 0 Å². The second-order valence-corrected chi connectivity index (χ2v) is 9.70. The number of amides is 1. The number of alkyl halides is 2. The lowest BCUT2D eigenvalue weighted by Crippen LogP contribution is -2.63. The molecule has 2 aliphatic rings. The molecule has 0 aromatic carbocycles. The first kappa shape index (κ1) is 22.5. The maximum Gasteiger partial charge on any atom is 0.407 e. The molecule has 0 atom stereocenters. The molecule has 0 unspecified atom stereocenters. The summed E-state index contributed by atoms with van der Waals surface area (Å²) in [6.45, 7) is 6.91. The van der Waals surface area contributed by atoms with Gasteiger partial charge in [-0.15, -0.1) is 0 Å². The summed E-state index contributed by atoms with van der Waals surface area (Å²) < 4.78 is 35.2. The van der Waals surface area contributed by atoms with E-state index in [1.54, 1.807) is 0 Å². The number of aromatic nitrogens is 1. The van der Waals surface area contributed by atoms with Crippen LogP contribution in [0.15, 0.2) is 12.1 Å². The Bertz CT molecular complexity index is 723. The maximum absolute atomic E-state index is 14.9. The van der Waals surface area contributed by atoms with Gasteiger partial charge < -0.3 is 10.1 Å². The zero-order valence-corrected chi connectivity index (χ0v) is 18.4. The maximum atomic E-state index is 14.9. The number of nitrogens with one attached hydrogen (secondary N) is 1. The molecule has 3 rings (SSSR count). The Morgan fingerprint density at radius 3 is 2.21 bits per heavy atom. The van der Waals surface area contributed by atoms with E-state index in [0.717, 1.165) is 13.1 Å². The van der Waals surface area contributed by atoms with E-state index in [4.69, 9.17) is 27.9 Å². The standard InChI is InChI=1S/C20H27Cl2F2N3O2/c1-19(2,3)29-18(28)25-14-10-27(11-14)15-6-4-12(5-7-15)20(23,24)13-8-16(21)26-17(22)9-13/h8-9,12,14-15H,4-7,10-11H2,1-3H3,(H,25,28). The van der Waals surface area contributed by atoms with Gasteiger partial charge in [0.2, 0.25) is 0 Å². The summed E-state index contributed by atoms with van der Waals surface area (Å²) in [5, 5.41) is 2.81. The summed E-state index contributed by atoms with van der Waals surface area (Å²) >= 11 is 11.6. The number of likely N-dealkylation sites (tertiary alicyclic amines) is 1. The van der Waals surface area contributed by atoms with E-state index in [9.17, 15) is 13.6 Å². The quantitative estimate of drug-likeness (QED) is 0.637. The lowest BCUT2D eigenvalue weighted by molar-refractivity contribution is -0.0884. The minimum atomic E-state index is -2.99. The topological polar surface area (TPSA) is 54.5 Å². The molecule has 1 aromatic rings. The monoisotopic (exact) mass is 449 g/mol. The average molecular weight is 450 g/mol. The van der Waals surface area contributed by atoms with E-state index in [1.165, 1.54) is 12.1 Å². The molecule has 2 heterocycles. The van der Waals surface area contributed by atoms with Crippen molar-refractivity contribution in [3.05, 3.63) is 28.0 Å². The van der Waals surface area contributed by atoms with Gasteiger partial charge >= 0.3 is 6.09 Å². The fraction of sp³-hybridized carbons (Fsp3) is 0.700. The van der Waals surface area contributed by atoms with Gasteiger partial charge in [-0.05, 0) is 58.6 Å². The molecule has 5 nitrogen and oxygen atoms in total. The predicted molar refractivity (Wildman–Crippen MR) is 109 cm³/mol. The van der Waals surface area contributed by atoms with Crippen LogP contribution in [-0.2, 0) is 10.7 Å². The first-order valence-electron chi connectivity index (χ1n) is 9.89. The Kier molecular flexibility index (Phi) is 6.61. The van der Waals surface area contributed by atoms with Crippen molar-refractivity contribution >= 4 is 29.3 Å². The minimum Gasteiger partial charge on any atom is -0.444 e. The molecule has 1 aliphatic carbocycles. The van der Waals surface area contributed by atoms with Crippen LogP contribution in [0.25, 0.3) is 0 Å². The van der Waals surface area contributed by atoms with E-state index in [0.29, 0.717) is 25.7 Å². The molecule has 2 fully saturated rings. The second-order valence-electron chi connectivity index (χ2n) is 8.93. The van der Waals surface area contributed by atoms with Crippen molar-refractivity contribution in [3.63, 3.8) is 0 Å². The van der Waals surface area contributed by atoms with Gasteiger partial charge in [0.05, 0.1) is 6.04 Å². The number of rotatable bonds is 4. The van der Waals surface area contributed by atoms with Crippen molar-refractivity contribution in [1.82, 2.24) is 15.2 Å². The lowest BCUT2D eigenvalue weighted by Gasteiger charge is -2.47. The summed E-state index contributed by atoms with van der Waals surface area (Å²) in [7, 11) is 0. The average Bonchev–Trinajstić information content (AvgIpc) is 2.55. The third-order valence-electron chi connectivity index (χ3n) is 5.50. The van der Waals surface area contributed by atoms with E-state index < -0.39 is 23.5 Å². The number of halogens is 4. The van der Waals surface area contributed by atoms with Crippen LogP contribution in [0.2, 0.25) is 10.3 Å². The zero-order valence-electron chi connectivity index (χ0n) is 16.9. The highest BCUT2D eigenvalue weighted by Gasteiger charge is 2.45. The number of hydrogen-bond donors (Lipinski definition) is 1. The van der Waals surface area contributed by atoms with Gasteiger partial charge in [-0.25, -0.2) is 18.6 Å². The van der Waals surface area contributed by atoms with Crippen molar-refractivity contribution in [2.45, 2.75) is 70.1 Å². The van der Waals surface area contributed by atoms with Gasteiger partial charge in [0.25, 0.3) is 5.92 Å². The molecule has 9 heteroatoms. The van der Waals surface area contributed by atoms with Crippen LogP contribution in [0, 0.1) is 5.92 Å². The number of carbonyl (C=O) groups is 1. The van der Waals surface area contributed by atoms with Gasteiger partial charge in [-0.2, -0.15) is 0 Å². The normalized spacial score (nSPS) is 24.1. The molecule has 1 aromatic heterocycles. The first-order chi connectivity index (χ1) is 13.4. The van der Waals surface area contributed by atoms with E-state index in [-0.39, 0.29) is 28.0 Å². The molecule has 1 aliphatic heterocycles. The SMILES string of the molecule is CC(C)(C)OC(=O)NC1CN(C2CCC(C(F)(F)c3cc(Cl)nc(Cl)c3)CC2)C1. The van der Waals surface area contributed by atoms with Gasteiger partial charge in [-0.1, -0.05) is 23.2 Å². The summed E-state index contributed by atoms with van der Waals surface area (Å²) in [5.74, 6) is -3.73. The Hall–Kier alpha value is -1.18. The van der Waals surface area contributed by atoms with Gasteiger partial charge in [0.1, 0.15) is 15.9 Å². The van der Waals surface area contributed by atoms with Crippen LogP contribution in [0.3, 0.4) is 0 Å². The highest BCUT2D eigenvalue weighted by molar-refractivity contribution is 6.32. The summed E-state index contributed by atoms with van der Waals surface area (Å²) in [6.07, 6.45) is 1.84. The van der Waals surface area contributed by atoms with Crippen LogP contribution >= 0.6 is 23.2 Å². The highest BCUT2D eigenvalue weighted by Crippen LogP contribution is 2.45. The zero-order chi connectivity index (χ0) is 21.4. The largest absolute Gasteiger partial charge is 0.444 e. The minimum absolute atomic E-state index is 0.0232. The molecule has 162 valence electrons. The smallest absolute Gasteiger partial charge is 0.407 e. The third kappa shape index (κ3) is 5.70. The molecule has 1 amide bonds. The van der Waals surface area contributed by atoms with Gasteiger partial charge in [-0.3, -0.25) is 4.90 Å². The molecular weight excluding hydrogens is 423 g/mol. The van der Waals surface area contributed by atoms with Crippen LogP contribution < -0.4 is 5.32 Å². The van der Waals surface area contributed by atoms with Gasteiger partial charge in [0.15, 0.2) is 0 Å². The van der Waals surface area contributed by atoms with Crippen LogP contribution in [0.4, 0.5) is 13.6 Å². The van der Waals surface area contributed by atoms with Crippen LogP contribution in [0.5, 0.6) is 0 Å². The van der Waals surface area contributed by atoms with Gasteiger partial charge in [0, 0.05) is 30.6 Å². The summed E-state index contributed by atoms with van der Waals surface area (Å²) in [5.41, 5.74) is -0.697. The molecule has 0 radical (unpaired) electrons. The number of carbonyl (C=O) groups excluding carboxylic acids is 1. The molecule has 1 saturated heterocycles. The Labute approximate surface area is 180 Å². The van der Waals surface area contributed by atoms with E-state index in [2.05, 4.69) is 15.2 Å². The van der Waals surface area contributed by atoms with Crippen molar-refractivity contribution in [1.29, 1.82) is 0 Å². The predicted octanol–water partition coefficient (Wildman–Crippen LogP) is 5.25. The number of hydrogen-bond acceptors (Lipinski definition) is 4. The van der Waals surface area contributed by atoms with Crippen molar-refractivity contribution in [2.24, 2.45) is 5.92 Å². The molecule has 1 N–H and O–H groups in total. The number of alkyl carbamates (subject to hydrolysis) is 1. The molecule has 29 heavy (non-hydrogen) atoms. The fourth-order valence-corrected chi connectivity index (χ4v) is 4.53. The molecular formula is C20H27Cl2F2N3O2. The van der Waals surface area contributed by atoms with Crippen molar-refractivity contribution < 1.29 is 18.3 Å². The third-order valence-corrected chi connectivity index (χ3v) is 5.89. The Morgan fingerprint density at radius 1 is 1.14 bits per heavy atom. The van der Waals surface area contributed by atoms with Crippen LogP contribution in [-0.4, -0.2) is 46.8 Å². The fourth-order valence-electron chi connectivity index (χ4n) is 4.07. The Balaban J connectivity index is 1.47. The van der Waals surface area contributed by atoms with E-state index >= 15 is 0 Å². The summed E-state index contributed by atoms with van der Waals surface area (Å²) in [6, 6.07) is 2.71. The second kappa shape index (κ2) is 8.52. The summed E-state index contributed by atoms with van der Waals surface area (Å²) in [4.78, 5) is 17.8. The van der Waals surface area contributed by atoms with Crippen molar-refractivity contribution in [2.75, 3.05) is 13.1 Å². The first-order valence-corrected chi connectivity index (χ1v) is 10.6.